The Labute approximate surface area is 278 Å². The molecule has 8 N–H and O–H groups in total. The maximum atomic E-state index is 13.8. The van der Waals surface area contributed by atoms with E-state index in [1.165, 1.54) is 12.8 Å². The number of amides is 3. The first-order valence-electron chi connectivity index (χ1n) is 15.8. The summed E-state index contributed by atoms with van der Waals surface area (Å²) in [7, 11) is 0. The monoisotopic (exact) mass is 679 g/mol. The fourth-order valence-corrected chi connectivity index (χ4v) is 6.39. The molecule has 2 aliphatic carbocycles. The van der Waals surface area contributed by atoms with Crippen molar-refractivity contribution in [3.8, 4) is 0 Å². The van der Waals surface area contributed by atoms with E-state index >= 15 is 0 Å². The summed E-state index contributed by atoms with van der Waals surface area (Å²) in [6.45, 7) is 1.02. The number of halogens is 2. The predicted octanol–water partition coefficient (Wildman–Crippen LogP) is 1.30. The van der Waals surface area contributed by atoms with E-state index in [2.05, 4.69) is 26.9 Å². The van der Waals surface area contributed by atoms with Gasteiger partial charge in [-0.1, -0.05) is 35.3 Å². The van der Waals surface area contributed by atoms with Crippen molar-refractivity contribution in [2.24, 2.45) is 0 Å². The number of anilines is 2. The normalized spacial score (nSPS) is 19.5. The Kier molecular flexibility index (Phi) is 11.3. The van der Waals surface area contributed by atoms with E-state index < -0.39 is 42.6 Å². The highest BCUT2D eigenvalue weighted by Gasteiger charge is 2.52. The lowest BCUT2D eigenvalue weighted by atomic mass is 10.0. The van der Waals surface area contributed by atoms with Gasteiger partial charge < -0.3 is 46.0 Å². The number of carbonyl (C=O) groups excluding carboxylic acids is 2. The molecule has 2 aromatic carbocycles. The number of aliphatic hydroxyl groups is 5. The number of aliphatic hydroxyl groups excluding tert-OH is 5. The van der Waals surface area contributed by atoms with Gasteiger partial charge in [0.15, 0.2) is 0 Å². The summed E-state index contributed by atoms with van der Waals surface area (Å²) in [6.07, 6.45) is -1.69. The number of nitrogens with one attached hydrogen (secondary N) is 3. The molecular weight excluding hydrogens is 637 g/mol. The summed E-state index contributed by atoms with van der Waals surface area (Å²) >= 11 is 13.2. The molecule has 0 bridgehead atoms. The number of rotatable bonds is 15. The Morgan fingerprint density at radius 2 is 1.57 bits per heavy atom. The van der Waals surface area contributed by atoms with Gasteiger partial charge in [0, 0.05) is 48.8 Å². The number of hydrogen-bond donors (Lipinski definition) is 8. The minimum atomic E-state index is -1.77. The highest BCUT2D eigenvalue weighted by Crippen LogP contribution is 2.44. The number of urea groups is 1. The first-order valence-corrected chi connectivity index (χ1v) is 16.5. The van der Waals surface area contributed by atoms with Crippen molar-refractivity contribution in [2.45, 2.75) is 81.1 Å². The van der Waals surface area contributed by atoms with Gasteiger partial charge in [0.05, 0.1) is 29.6 Å². The van der Waals surface area contributed by atoms with Crippen molar-refractivity contribution >= 4 is 46.5 Å². The molecule has 46 heavy (non-hydrogen) atoms. The molecule has 252 valence electrons. The van der Waals surface area contributed by atoms with E-state index in [1.807, 2.05) is 29.2 Å². The highest BCUT2D eigenvalue weighted by molar-refractivity contribution is 6.34. The second kappa shape index (κ2) is 15.0. The zero-order valence-electron chi connectivity index (χ0n) is 25.5. The molecule has 0 unspecified atom stereocenters. The highest BCUT2D eigenvalue weighted by atomic mass is 35.5. The van der Waals surface area contributed by atoms with Crippen LogP contribution in [0, 0.1) is 0 Å². The zero-order valence-corrected chi connectivity index (χ0v) is 27.1. The molecule has 0 spiro atoms. The number of nitrogens with zero attached hydrogens (tertiary/aromatic N) is 2. The van der Waals surface area contributed by atoms with E-state index in [4.69, 9.17) is 28.3 Å². The van der Waals surface area contributed by atoms with Crippen molar-refractivity contribution in [1.82, 2.24) is 16.0 Å². The average molecular weight is 681 g/mol. The Bertz CT molecular complexity index is 1390. The van der Waals surface area contributed by atoms with Crippen LogP contribution < -0.4 is 25.8 Å². The minimum absolute atomic E-state index is 0.0922. The molecule has 2 fully saturated rings. The molecule has 1 heterocycles. The maximum absolute atomic E-state index is 13.8. The van der Waals surface area contributed by atoms with E-state index in [9.17, 15) is 30.0 Å². The third-order valence-electron chi connectivity index (χ3n) is 8.98. The Balaban J connectivity index is 1.08. The van der Waals surface area contributed by atoms with E-state index in [1.54, 1.807) is 6.07 Å². The molecule has 4 atom stereocenters. The second-order valence-corrected chi connectivity index (χ2v) is 13.2. The van der Waals surface area contributed by atoms with Crippen LogP contribution in [0.2, 0.25) is 10.0 Å². The van der Waals surface area contributed by atoms with Crippen molar-refractivity contribution in [2.75, 3.05) is 42.6 Å². The third-order valence-corrected chi connectivity index (χ3v) is 9.68. The quantitative estimate of drug-likeness (QED) is 0.129. The zero-order chi connectivity index (χ0) is 33.0. The van der Waals surface area contributed by atoms with Crippen molar-refractivity contribution < 1.29 is 35.1 Å². The largest absolute Gasteiger partial charge is 0.394 e. The van der Waals surface area contributed by atoms with E-state index in [-0.39, 0.29) is 19.0 Å². The van der Waals surface area contributed by atoms with E-state index in [0.717, 1.165) is 41.9 Å². The van der Waals surface area contributed by atoms with Crippen LogP contribution >= 0.6 is 23.2 Å². The fraction of sp³-hybridized carbons (Fsp3) is 0.562. The Hall–Kier alpha value is -2.68. The van der Waals surface area contributed by atoms with Crippen LogP contribution in [0.15, 0.2) is 36.4 Å². The SMILES string of the molecule is O=C(NCCCc1cc(Cl)c(CNC2(C(=O)N3CCN(C4CC4)c4ccccc43)CC2)cc1Cl)NC[C@H](O)[C@@H](O)[C@H](O)[C@H](O)CO. The first-order chi connectivity index (χ1) is 22.0. The van der Waals surface area contributed by atoms with Crippen LogP contribution in [0.3, 0.4) is 0 Å². The predicted molar refractivity (Wildman–Crippen MR) is 175 cm³/mol. The molecule has 2 saturated carbocycles. The summed E-state index contributed by atoms with van der Waals surface area (Å²) in [4.78, 5) is 30.3. The number of benzene rings is 2. The summed E-state index contributed by atoms with van der Waals surface area (Å²) in [5.41, 5.74) is 3.10. The molecular formula is C32H43Cl2N5O7. The van der Waals surface area contributed by atoms with Crippen LogP contribution in [0.1, 0.15) is 43.2 Å². The molecule has 12 nitrogen and oxygen atoms in total. The number of hydrogen-bond acceptors (Lipinski definition) is 9. The number of para-hydroxylation sites is 2. The van der Waals surface area contributed by atoms with Crippen LogP contribution in [0.5, 0.6) is 0 Å². The van der Waals surface area contributed by atoms with Gasteiger partial charge in [0.2, 0.25) is 5.91 Å². The van der Waals surface area contributed by atoms with Gasteiger partial charge >= 0.3 is 6.03 Å². The smallest absolute Gasteiger partial charge is 0.314 e. The van der Waals surface area contributed by atoms with Crippen LogP contribution in [0.25, 0.3) is 0 Å². The van der Waals surface area contributed by atoms with Gasteiger partial charge in [-0.15, -0.1) is 0 Å². The van der Waals surface area contributed by atoms with Crippen LogP contribution in [0.4, 0.5) is 16.2 Å². The second-order valence-electron chi connectivity index (χ2n) is 12.4. The molecule has 0 saturated heterocycles. The van der Waals surface area contributed by atoms with E-state index in [0.29, 0.717) is 42.0 Å². The van der Waals surface area contributed by atoms with Gasteiger partial charge in [-0.3, -0.25) is 10.1 Å². The standard InChI is InChI=1S/C32H43Cl2N5O7/c33-22-15-20(23(34)14-19(22)4-3-11-35-31(46)36-17-26(41)28(43)29(44)27(42)18-40)16-37-32(9-10-32)30(45)39-13-12-38(21-7-8-21)24-5-1-2-6-25(24)39/h1-2,5-6,14-15,21,26-29,37,40-44H,3-4,7-13,16-18H2,(H2,35,36,46)/t26-,27+,28+,29+/m0/s1. The molecule has 2 aromatic rings. The molecule has 0 aromatic heterocycles. The molecule has 14 heteroatoms. The minimum Gasteiger partial charge on any atom is -0.394 e. The van der Waals surface area contributed by atoms with Crippen LogP contribution in [-0.2, 0) is 17.8 Å². The molecule has 3 amide bonds. The molecule has 3 aliphatic rings. The van der Waals surface area contributed by atoms with Crippen molar-refractivity contribution in [3.05, 3.63) is 57.6 Å². The van der Waals surface area contributed by atoms with Crippen molar-refractivity contribution in [3.63, 3.8) is 0 Å². The molecule has 5 rings (SSSR count). The van der Waals surface area contributed by atoms with Gasteiger partial charge in [0.25, 0.3) is 0 Å². The van der Waals surface area contributed by atoms with Crippen LogP contribution in [-0.4, -0.2) is 106 Å². The number of carbonyl (C=O) groups is 2. The van der Waals surface area contributed by atoms with Gasteiger partial charge in [-0.25, -0.2) is 4.79 Å². The lowest BCUT2D eigenvalue weighted by Gasteiger charge is -2.39. The van der Waals surface area contributed by atoms with Gasteiger partial charge in [0.1, 0.15) is 18.3 Å². The number of fused-ring (bicyclic) bond motifs is 1. The summed E-state index contributed by atoms with van der Waals surface area (Å²) < 4.78 is 0. The molecule has 1 aliphatic heterocycles. The third kappa shape index (κ3) is 8.06. The topological polar surface area (TPSA) is 178 Å². The van der Waals surface area contributed by atoms with Gasteiger partial charge in [-0.2, -0.15) is 0 Å². The average Bonchev–Trinajstić information content (AvgIpc) is 4.00. The molecule has 0 radical (unpaired) electrons. The Morgan fingerprint density at radius 3 is 2.24 bits per heavy atom. The summed E-state index contributed by atoms with van der Waals surface area (Å²) in [5, 5.41) is 57.2. The summed E-state index contributed by atoms with van der Waals surface area (Å²) in [5.74, 6) is 0.0922. The lowest BCUT2D eigenvalue weighted by Crippen LogP contribution is -2.53. The van der Waals surface area contributed by atoms with Crippen molar-refractivity contribution in [1.29, 1.82) is 0 Å². The fourth-order valence-electron chi connectivity index (χ4n) is 5.86. The number of aryl methyl sites for hydroxylation is 1. The Morgan fingerprint density at radius 1 is 0.913 bits per heavy atom. The van der Waals surface area contributed by atoms with Gasteiger partial charge in [-0.05, 0) is 73.9 Å². The first kappa shape index (κ1) is 34.6. The summed E-state index contributed by atoms with van der Waals surface area (Å²) in [6, 6.07) is 11.8. The lowest BCUT2D eigenvalue weighted by molar-refractivity contribution is -0.121. The maximum Gasteiger partial charge on any atom is 0.314 e.